The van der Waals surface area contributed by atoms with Crippen LogP contribution in [0.25, 0.3) is 0 Å². The zero-order valence-electron chi connectivity index (χ0n) is 14.3. The minimum atomic E-state index is -3.55. The zero-order valence-corrected chi connectivity index (χ0v) is 15.1. The normalized spacial score (nSPS) is 12.8. The number of aryl methyl sites for hydroxylation is 1. The molecule has 1 unspecified atom stereocenters. The van der Waals surface area contributed by atoms with E-state index in [1.54, 1.807) is 24.3 Å². The van der Waals surface area contributed by atoms with E-state index in [4.69, 9.17) is 0 Å². The van der Waals surface area contributed by atoms with Crippen LogP contribution in [0.5, 0.6) is 0 Å². The van der Waals surface area contributed by atoms with Crippen LogP contribution in [0.3, 0.4) is 0 Å². The van der Waals surface area contributed by atoms with Gasteiger partial charge in [0.15, 0.2) is 0 Å². The summed E-state index contributed by atoms with van der Waals surface area (Å²) in [6, 6.07) is 6.75. The summed E-state index contributed by atoms with van der Waals surface area (Å²) in [7, 11) is -3.55. The molecule has 5 nitrogen and oxygen atoms in total. The summed E-state index contributed by atoms with van der Waals surface area (Å²) in [6.45, 7) is 6.12. The van der Waals surface area contributed by atoms with Gasteiger partial charge >= 0.3 is 0 Å². The maximum atomic E-state index is 12.1. The van der Waals surface area contributed by atoms with Crippen molar-refractivity contribution in [3.8, 4) is 0 Å². The van der Waals surface area contributed by atoms with Crippen LogP contribution in [-0.2, 0) is 14.8 Å². The highest BCUT2D eigenvalue weighted by Crippen LogP contribution is 2.09. The number of amides is 1. The summed E-state index contributed by atoms with van der Waals surface area (Å²) < 4.78 is 26.6. The van der Waals surface area contributed by atoms with Crippen LogP contribution >= 0.6 is 0 Å². The average molecular weight is 340 g/mol. The Morgan fingerprint density at radius 2 is 1.83 bits per heavy atom. The number of rotatable bonds is 10. The molecule has 0 spiro atoms. The van der Waals surface area contributed by atoms with Gasteiger partial charge < -0.3 is 5.32 Å². The molecule has 0 aliphatic heterocycles. The molecule has 1 atom stereocenters. The van der Waals surface area contributed by atoms with Crippen molar-refractivity contribution in [2.24, 2.45) is 0 Å². The maximum Gasteiger partial charge on any atom is 0.240 e. The predicted octanol–water partition coefficient (Wildman–Crippen LogP) is 2.75. The van der Waals surface area contributed by atoms with E-state index < -0.39 is 10.0 Å². The number of carbonyl (C=O) groups excluding carboxylic acids is 1. The summed E-state index contributed by atoms with van der Waals surface area (Å²) in [6.07, 6.45) is 4.51. The molecule has 2 N–H and O–H groups in total. The zero-order chi connectivity index (χ0) is 17.3. The molecule has 1 amide bonds. The molecule has 1 aromatic carbocycles. The van der Waals surface area contributed by atoms with E-state index in [0.717, 1.165) is 31.2 Å². The second-order valence-electron chi connectivity index (χ2n) is 5.93. The first-order valence-electron chi connectivity index (χ1n) is 8.21. The van der Waals surface area contributed by atoms with Gasteiger partial charge in [-0.05, 0) is 32.4 Å². The summed E-state index contributed by atoms with van der Waals surface area (Å²) >= 11 is 0. The van der Waals surface area contributed by atoms with E-state index in [1.165, 1.54) is 0 Å². The number of benzene rings is 1. The van der Waals surface area contributed by atoms with Crippen molar-refractivity contribution < 1.29 is 13.2 Å². The molecule has 1 aromatic rings. The molecule has 0 radical (unpaired) electrons. The minimum absolute atomic E-state index is 0.101. The Kier molecular flexibility index (Phi) is 8.26. The van der Waals surface area contributed by atoms with Crippen molar-refractivity contribution in [2.75, 3.05) is 6.54 Å². The highest BCUT2D eigenvalue weighted by atomic mass is 32.2. The average Bonchev–Trinajstić information content (AvgIpc) is 2.47. The van der Waals surface area contributed by atoms with Crippen LogP contribution in [0.4, 0.5) is 0 Å². The molecule has 0 fully saturated rings. The van der Waals surface area contributed by atoms with Crippen molar-refractivity contribution in [3.05, 3.63) is 29.8 Å². The molecule has 0 saturated heterocycles. The third-order valence-electron chi connectivity index (χ3n) is 3.62. The van der Waals surface area contributed by atoms with Crippen LogP contribution in [0.2, 0.25) is 0 Å². The molecule has 0 aliphatic rings. The van der Waals surface area contributed by atoms with Crippen molar-refractivity contribution in [1.29, 1.82) is 0 Å². The number of hydrogen-bond donors (Lipinski definition) is 2. The summed E-state index contributed by atoms with van der Waals surface area (Å²) in [5.41, 5.74) is 1.00. The Hall–Kier alpha value is -1.40. The van der Waals surface area contributed by atoms with Crippen molar-refractivity contribution in [3.63, 3.8) is 0 Å². The second-order valence-corrected chi connectivity index (χ2v) is 7.69. The molecular formula is C17H28N2O3S. The van der Waals surface area contributed by atoms with Gasteiger partial charge in [-0.25, -0.2) is 13.1 Å². The lowest BCUT2D eigenvalue weighted by Crippen LogP contribution is -2.35. The van der Waals surface area contributed by atoms with Crippen LogP contribution < -0.4 is 10.0 Å². The van der Waals surface area contributed by atoms with E-state index in [2.05, 4.69) is 17.0 Å². The van der Waals surface area contributed by atoms with Crippen LogP contribution in [-0.4, -0.2) is 26.9 Å². The number of nitrogens with one attached hydrogen (secondary N) is 2. The van der Waals surface area contributed by atoms with Crippen molar-refractivity contribution in [1.82, 2.24) is 10.0 Å². The van der Waals surface area contributed by atoms with E-state index in [-0.39, 0.29) is 29.8 Å². The molecule has 0 aliphatic carbocycles. The smallest absolute Gasteiger partial charge is 0.240 e. The number of carbonyl (C=O) groups is 1. The fourth-order valence-corrected chi connectivity index (χ4v) is 3.25. The van der Waals surface area contributed by atoms with E-state index in [9.17, 15) is 13.2 Å². The summed E-state index contributed by atoms with van der Waals surface area (Å²) in [5.74, 6) is -0.124. The summed E-state index contributed by atoms with van der Waals surface area (Å²) in [5, 5.41) is 2.90. The highest BCUT2D eigenvalue weighted by Gasteiger charge is 2.14. The molecule has 0 heterocycles. The lowest BCUT2D eigenvalue weighted by Gasteiger charge is -2.14. The molecule has 0 bridgehead atoms. The van der Waals surface area contributed by atoms with Gasteiger partial charge in [0.1, 0.15) is 0 Å². The van der Waals surface area contributed by atoms with Gasteiger partial charge in [-0.15, -0.1) is 0 Å². The second kappa shape index (κ2) is 9.67. The largest absolute Gasteiger partial charge is 0.354 e. The number of sulfonamides is 1. The molecule has 6 heteroatoms. The molecule has 0 aromatic heterocycles. The maximum absolute atomic E-state index is 12.1. The Labute approximate surface area is 139 Å². The van der Waals surface area contributed by atoms with Crippen LogP contribution in [0.15, 0.2) is 29.2 Å². The van der Waals surface area contributed by atoms with Gasteiger partial charge in [-0.3, -0.25) is 4.79 Å². The molecular weight excluding hydrogens is 312 g/mol. The van der Waals surface area contributed by atoms with E-state index in [1.807, 2.05) is 13.8 Å². The first-order valence-corrected chi connectivity index (χ1v) is 9.69. The molecule has 23 heavy (non-hydrogen) atoms. The first-order chi connectivity index (χ1) is 10.8. The van der Waals surface area contributed by atoms with Gasteiger partial charge in [-0.1, -0.05) is 43.9 Å². The van der Waals surface area contributed by atoms with Crippen molar-refractivity contribution in [2.45, 2.75) is 63.8 Å². The Morgan fingerprint density at radius 1 is 1.17 bits per heavy atom. The van der Waals surface area contributed by atoms with Gasteiger partial charge in [0.25, 0.3) is 0 Å². The van der Waals surface area contributed by atoms with Crippen LogP contribution in [0.1, 0.15) is 51.5 Å². The highest BCUT2D eigenvalue weighted by molar-refractivity contribution is 7.89. The number of hydrogen-bond acceptors (Lipinski definition) is 3. The lowest BCUT2D eigenvalue weighted by atomic mass is 10.1. The standard InChI is InChI=1S/C17H28N2O3S/c1-4-5-6-7-15(3)19-17(20)12-13-18-23(21,22)16-10-8-14(2)9-11-16/h8-11,15,18H,4-7,12-13H2,1-3H3,(H,19,20). The van der Waals surface area contributed by atoms with Gasteiger partial charge in [-0.2, -0.15) is 0 Å². The van der Waals surface area contributed by atoms with E-state index in [0.29, 0.717) is 0 Å². The Morgan fingerprint density at radius 3 is 2.43 bits per heavy atom. The fraction of sp³-hybridized carbons (Fsp3) is 0.588. The Balaban J connectivity index is 2.35. The molecule has 0 saturated carbocycles. The lowest BCUT2D eigenvalue weighted by molar-refractivity contribution is -0.121. The SMILES string of the molecule is CCCCCC(C)NC(=O)CCNS(=O)(=O)c1ccc(C)cc1. The topological polar surface area (TPSA) is 75.3 Å². The van der Waals surface area contributed by atoms with Gasteiger partial charge in [0, 0.05) is 19.0 Å². The predicted molar refractivity (Wildman–Crippen MR) is 92.7 cm³/mol. The summed E-state index contributed by atoms with van der Waals surface area (Å²) in [4.78, 5) is 12.0. The van der Waals surface area contributed by atoms with Crippen LogP contribution in [0, 0.1) is 6.92 Å². The number of unbranched alkanes of at least 4 members (excludes halogenated alkanes) is 2. The third-order valence-corrected chi connectivity index (χ3v) is 5.10. The van der Waals surface area contributed by atoms with Crippen molar-refractivity contribution >= 4 is 15.9 Å². The Bertz CT molecular complexity index is 582. The van der Waals surface area contributed by atoms with Gasteiger partial charge in [0.05, 0.1) is 4.90 Å². The quantitative estimate of drug-likeness (QED) is 0.643. The molecule has 130 valence electrons. The third kappa shape index (κ3) is 7.61. The first kappa shape index (κ1) is 19.6. The van der Waals surface area contributed by atoms with E-state index >= 15 is 0 Å². The monoisotopic (exact) mass is 340 g/mol. The fourth-order valence-electron chi connectivity index (χ4n) is 2.22. The molecule has 1 rings (SSSR count). The van der Waals surface area contributed by atoms with Gasteiger partial charge in [0.2, 0.25) is 15.9 Å². The minimum Gasteiger partial charge on any atom is -0.354 e.